The van der Waals surface area contributed by atoms with Crippen LogP contribution in [0, 0.1) is 6.92 Å². The van der Waals surface area contributed by atoms with Crippen LogP contribution in [0.2, 0.25) is 0 Å². The lowest BCUT2D eigenvalue weighted by atomic mass is 10.2. The van der Waals surface area contributed by atoms with Gasteiger partial charge in [0.2, 0.25) is 5.91 Å². The van der Waals surface area contributed by atoms with Gasteiger partial charge >= 0.3 is 0 Å². The molecule has 0 spiro atoms. The minimum Gasteiger partial charge on any atom is -0.336 e. The first kappa shape index (κ1) is 13.8. The van der Waals surface area contributed by atoms with Gasteiger partial charge in [-0.3, -0.25) is 9.48 Å². The van der Waals surface area contributed by atoms with E-state index in [2.05, 4.69) is 15.2 Å². The van der Waals surface area contributed by atoms with E-state index in [0.29, 0.717) is 0 Å². The van der Waals surface area contributed by atoms with Crippen molar-refractivity contribution >= 4 is 5.91 Å². The fourth-order valence-electron chi connectivity index (χ4n) is 2.87. The summed E-state index contributed by atoms with van der Waals surface area (Å²) in [6, 6.07) is -0.102. The summed E-state index contributed by atoms with van der Waals surface area (Å²) in [7, 11) is 0. The number of nitrogens with zero attached hydrogens (tertiary/aromatic N) is 6. The monoisotopic (exact) mass is 288 g/mol. The summed E-state index contributed by atoms with van der Waals surface area (Å²) in [6.45, 7) is 5.45. The molecule has 3 heterocycles. The molecule has 0 saturated carbocycles. The molecule has 0 unspecified atom stereocenters. The van der Waals surface area contributed by atoms with Crippen LogP contribution >= 0.6 is 0 Å². The van der Waals surface area contributed by atoms with Crippen molar-refractivity contribution in [2.24, 2.45) is 0 Å². The lowest BCUT2D eigenvalue weighted by Gasteiger charge is -2.27. The third-order valence-corrected chi connectivity index (χ3v) is 4.01. The smallest absolute Gasteiger partial charge is 0.247 e. The van der Waals surface area contributed by atoms with E-state index in [-0.39, 0.29) is 18.0 Å². The van der Waals surface area contributed by atoms with Crippen LogP contribution in [-0.4, -0.2) is 47.9 Å². The van der Waals surface area contributed by atoms with Gasteiger partial charge in [-0.1, -0.05) is 0 Å². The van der Waals surface area contributed by atoms with Crippen molar-refractivity contribution in [3.8, 4) is 0 Å². The van der Waals surface area contributed by atoms with Crippen LogP contribution in [0.1, 0.15) is 31.4 Å². The molecule has 0 N–H and O–H groups in total. The van der Waals surface area contributed by atoms with Crippen molar-refractivity contribution in [1.29, 1.82) is 0 Å². The van der Waals surface area contributed by atoms with E-state index < -0.39 is 0 Å². The van der Waals surface area contributed by atoms with Crippen molar-refractivity contribution in [2.45, 2.75) is 45.3 Å². The van der Waals surface area contributed by atoms with Gasteiger partial charge in [0.05, 0.1) is 18.8 Å². The highest BCUT2D eigenvalue weighted by molar-refractivity contribution is 5.80. The van der Waals surface area contributed by atoms with Gasteiger partial charge in [0.25, 0.3) is 0 Å². The van der Waals surface area contributed by atoms with Crippen molar-refractivity contribution < 1.29 is 4.79 Å². The molecule has 1 aliphatic rings. The Bertz CT molecular complexity index is 605. The Morgan fingerprint density at radius 3 is 3.00 bits per heavy atom. The second-order valence-corrected chi connectivity index (χ2v) is 5.62. The maximum atomic E-state index is 12.7. The number of aryl methyl sites for hydroxylation is 1. The van der Waals surface area contributed by atoms with Crippen LogP contribution in [0.5, 0.6) is 0 Å². The molecule has 0 bridgehead atoms. The lowest BCUT2D eigenvalue weighted by Crippen LogP contribution is -2.41. The zero-order valence-corrected chi connectivity index (χ0v) is 12.4. The van der Waals surface area contributed by atoms with Crippen molar-refractivity contribution in [2.75, 3.05) is 6.54 Å². The molecule has 1 amide bonds. The van der Waals surface area contributed by atoms with E-state index in [1.165, 1.54) is 6.33 Å². The summed E-state index contributed by atoms with van der Waals surface area (Å²) in [5.41, 5.74) is 1.14. The molecule has 1 fully saturated rings. The molecule has 21 heavy (non-hydrogen) atoms. The second-order valence-electron chi connectivity index (χ2n) is 5.62. The number of hydrogen-bond acceptors (Lipinski definition) is 4. The predicted molar refractivity (Wildman–Crippen MR) is 76.4 cm³/mol. The summed E-state index contributed by atoms with van der Waals surface area (Å²) >= 11 is 0. The molecular formula is C14H20N6O. The van der Waals surface area contributed by atoms with Gasteiger partial charge in [0.1, 0.15) is 18.7 Å². The number of carbonyl (C=O) groups is 1. The molecule has 1 aliphatic heterocycles. The largest absolute Gasteiger partial charge is 0.336 e. The Kier molecular flexibility index (Phi) is 3.72. The summed E-state index contributed by atoms with van der Waals surface area (Å²) in [5.74, 6) is 0.104. The van der Waals surface area contributed by atoms with Crippen LogP contribution in [0.15, 0.2) is 25.0 Å². The van der Waals surface area contributed by atoms with E-state index in [0.717, 1.165) is 31.5 Å². The fraction of sp³-hybridized carbons (Fsp3) is 0.571. The number of likely N-dealkylation sites (tertiary alicyclic amines) is 1. The van der Waals surface area contributed by atoms with E-state index >= 15 is 0 Å². The molecular weight excluding hydrogens is 268 g/mol. The fourth-order valence-corrected chi connectivity index (χ4v) is 2.87. The molecule has 0 aliphatic carbocycles. The first-order valence-electron chi connectivity index (χ1n) is 7.29. The number of carbonyl (C=O) groups excluding carboxylic acids is 1. The van der Waals surface area contributed by atoms with Crippen molar-refractivity contribution in [3.63, 3.8) is 0 Å². The van der Waals surface area contributed by atoms with Crippen molar-refractivity contribution in [1.82, 2.24) is 29.4 Å². The van der Waals surface area contributed by atoms with Gasteiger partial charge in [0.15, 0.2) is 0 Å². The van der Waals surface area contributed by atoms with Gasteiger partial charge < -0.3 is 4.90 Å². The maximum Gasteiger partial charge on any atom is 0.247 e. The number of amides is 1. The minimum atomic E-state index is -0.313. The lowest BCUT2D eigenvalue weighted by molar-refractivity contribution is -0.135. The molecule has 0 radical (unpaired) electrons. The topological polar surface area (TPSA) is 68.8 Å². The highest BCUT2D eigenvalue weighted by atomic mass is 16.2. The van der Waals surface area contributed by atoms with E-state index in [9.17, 15) is 4.79 Å². The molecule has 1 saturated heterocycles. The normalized spacial score (nSPS) is 19.9. The minimum absolute atomic E-state index is 0.104. The first-order chi connectivity index (χ1) is 10.1. The second kappa shape index (κ2) is 5.67. The van der Waals surface area contributed by atoms with E-state index in [1.807, 2.05) is 35.8 Å². The molecule has 7 heteroatoms. The van der Waals surface area contributed by atoms with E-state index in [4.69, 9.17) is 0 Å². The summed E-state index contributed by atoms with van der Waals surface area (Å²) in [6.07, 6.45) is 8.97. The summed E-state index contributed by atoms with van der Waals surface area (Å²) < 4.78 is 3.53. The zero-order valence-electron chi connectivity index (χ0n) is 12.4. The van der Waals surface area contributed by atoms with Gasteiger partial charge in [-0.2, -0.15) is 10.2 Å². The number of rotatable bonds is 4. The Morgan fingerprint density at radius 1 is 1.48 bits per heavy atom. The Balaban J connectivity index is 1.70. The highest BCUT2D eigenvalue weighted by Gasteiger charge is 2.32. The van der Waals surface area contributed by atoms with Crippen LogP contribution in [0.4, 0.5) is 0 Å². The Labute approximate surface area is 123 Å². The predicted octanol–water partition coefficient (Wildman–Crippen LogP) is 1.04. The standard InChI is InChI=1S/C14H20N6O/c1-11-6-16-18(7-11)8-13-4-3-5-19(13)14(21)12(2)20-10-15-9-17-20/h6-7,9-10,12-13H,3-5,8H2,1-2H3/t12-,13-/m1/s1. The molecule has 2 aromatic rings. The SMILES string of the molecule is Cc1cnn(C[C@H]2CCCN2C(=O)[C@@H](C)n2cncn2)c1. The average molecular weight is 288 g/mol. The van der Waals surface area contributed by atoms with E-state index in [1.54, 1.807) is 11.0 Å². The van der Waals surface area contributed by atoms with Crippen LogP contribution in [0.3, 0.4) is 0 Å². The summed E-state index contributed by atoms with van der Waals surface area (Å²) in [5, 5.41) is 8.38. The zero-order chi connectivity index (χ0) is 14.8. The molecule has 7 nitrogen and oxygen atoms in total. The van der Waals surface area contributed by atoms with Crippen molar-refractivity contribution in [3.05, 3.63) is 30.6 Å². The Hall–Kier alpha value is -2.18. The van der Waals surface area contributed by atoms with Gasteiger partial charge in [-0.05, 0) is 32.3 Å². The summed E-state index contributed by atoms with van der Waals surface area (Å²) in [4.78, 5) is 18.5. The average Bonchev–Trinajstić information content (AvgIpc) is 3.19. The third kappa shape index (κ3) is 2.81. The molecule has 0 aromatic carbocycles. The molecule has 112 valence electrons. The van der Waals surface area contributed by atoms with Crippen LogP contribution in [0.25, 0.3) is 0 Å². The molecule has 2 atom stereocenters. The number of hydrogen-bond donors (Lipinski definition) is 0. The van der Waals surface area contributed by atoms with Gasteiger partial charge in [-0.25, -0.2) is 9.67 Å². The maximum absolute atomic E-state index is 12.7. The van der Waals surface area contributed by atoms with Gasteiger partial charge in [-0.15, -0.1) is 0 Å². The first-order valence-corrected chi connectivity index (χ1v) is 7.29. The highest BCUT2D eigenvalue weighted by Crippen LogP contribution is 2.22. The quantitative estimate of drug-likeness (QED) is 0.843. The molecule has 2 aromatic heterocycles. The van der Waals surface area contributed by atoms with Crippen LogP contribution in [-0.2, 0) is 11.3 Å². The molecule has 3 rings (SSSR count). The Morgan fingerprint density at radius 2 is 2.33 bits per heavy atom. The van der Waals surface area contributed by atoms with Gasteiger partial charge in [0, 0.05) is 12.7 Å². The third-order valence-electron chi connectivity index (χ3n) is 4.01. The number of aromatic nitrogens is 5. The van der Waals surface area contributed by atoms with Crippen LogP contribution < -0.4 is 0 Å².